The summed E-state index contributed by atoms with van der Waals surface area (Å²) in [6.07, 6.45) is 3.05. The van der Waals surface area contributed by atoms with E-state index < -0.39 is 5.60 Å². The standard InChI is InChI=1S/C26H29NO/c28-26(24-12-6-2-7-13-24,25-14-8-3-9-15-25)20-22-16-18-27(19-17-22)21-23-10-4-1-5-11-23/h1-15,22,28H,16-21H2. The molecule has 0 aliphatic carbocycles. The van der Waals surface area contributed by atoms with Gasteiger partial charge in [-0.3, -0.25) is 4.90 Å². The third-order valence-corrected chi connectivity index (χ3v) is 6.04. The second kappa shape index (κ2) is 8.72. The lowest BCUT2D eigenvalue weighted by Crippen LogP contribution is -2.37. The third-order valence-electron chi connectivity index (χ3n) is 6.04. The Hall–Kier alpha value is -2.42. The van der Waals surface area contributed by atoms with Gasteiger partial charge in [0.1, 0.15) is 5.60 Å². The van der Waals surface area contributed by atoms with Crippen LogP contribution in [0.2, 0.25) is 0 Å². The number of benzene rings is 3. The first-order chi connectivity index (χ1) is 13.7. The Bertz CT molecular complexity index is 800. The highest BCUT2D eigenvalue weighted by atomic mass is 16.3. The number of aliphatic hydroxyl groups is 1. The molecule has 144 valence electrons. The van der Waals surface area contributed by atoms with E-state index in [0.717, 1.165) is 50.0 Å². The molecule has 1 saturated heterocycles. The average Bonchev–Trinajstić information content (AvgIpc) is 2.77. The minimum Gasteiger partial charge on any atom is -0.380 e. The maximum Gasteiger partial charge on any atom is 0.115 e. The zero-order valence-electron chi connectivity index (χ0n) is 16.4. The summed E-state index contributed by atoms with van der Waals surface area (Å²) in [6.45, 7) is 3.22. The summed E-state index contributed by atoms with van der Waals surface area (Å²) in [5, 5.41) is 11.8. The second-order valence-electron chi connectivity index (χ2n) is 8.00. The van der Waals surface area contributed by atoms with E-state index in [0.29, 0.717) is 5.92 Å². The van der Waals surface area contributed by atoms with Crippen molar-refractivity contribution in [2.24, 2.45) is 5.92 Å². The van der Waals surface area contributed by atoms with Crippen LogP contribution in [0.1, 0.15) is 36.0 Å². The summed E-state index contributed by atoms with van der Waals surface area (Å²) in [5.74, 6) is 0.525. The number of likely N-dealkylation sites (tertiary alicyclic amines) is 1. The van der Waals surface area contributed by atoms with Crippen LogP contribution in [0.25, 0.3) is 0 Å². The Labute approximate surface area is 168 Å². The van der Waals surface area contributed by atoms with Gasteiger partial charge in [-0.05, 0) is 55.0 Å². The molecule has 3 aromatic rings. The van der Waals surface area contributed by atoms with Crippen LogP contribution < -0.4 is 0 Å². The van der Waals surface area contributed by atoms with Crippen LogP contribution in [0, 0.1) is 5.92 Å². The van der Waals surface area contributed by atoms with Crippen LogP contribution in [-0.4, -0.2) is 23.1 Å². The maximum absolute atomic E-state index is 11.8. The molecule has 0 atom stereocenters. The van der Waals surface area contributed by atoms with Crippen molar-refractivity contribution in [2.75, 3.05) is 13.1 Å². The lowest BCUT2D eigenvalue weighted by atomic mass is 9.76. The van der Waals surface area contributed by atoms with Crippen LogP contribution in [-0.2, 0) is 12.1 Å². The van der Waals surface area contributed by atoms with Crippen molar-refractivity contribution < 1.29 is 5.11 Å². The monoisotopic (exact) mass is 371 g/mol. The van der Waals surface area contributed by atoms with Crippen LogP contribution in [0.3, 0.4) is 0 Å². The van der Waals surface area contributed by atoms with Crippen LogP contribution >= 0.6 is 0 Å². The van der Waals surface area contributed by atoms with E-state index in [2.05, 4.69) is 59.5 Å². The average molecular weight is 372 g/mol. The molecule has 1 heterocycles. The predicted octanol–water partition coefficient (Wildman–Crippen LogP) is 5.22. The summed E-state index contributed by atoms with van der Waals surface area (Å²) in [5.41, 5.74) is 2.45. The maximum atomic E-state index is 11.8. The first-order valence-corrected chi connectivity index (χ1v) is 10.3. The van der Waals surface area contributed by atoms with Gasteiger partial charge < -0.3 is 5.11 Å². The second-order valence-corrected chi connectivity index (χ2v) is 8.00. The van der Waals surface area contributed by atoms with Gasteiger partial charge in [0.15, 0.2) is 0 Å². The predicted molar refractivity (Wildman–Crippen MR) is 115 cm³/mol. The fourth-order valence-electron chi connectivity index (χ4n) is 4.44. The fourth-order valence-corrected chi connectivity index (χ4v) is 4.44. The molecule has 28 heavy (non-hydrogen) atoms. The first kappa shape index (κ1) is 18.9. The zero-order valence-corrected chi connectivity index (χ0v) is 16.4. The molecule has 0 unspecified atom stereocenters. The van der Waals surface area contributed by atoms with Crippen molar-refractivity contribution in [3.05, 3.63) is 108 Å². The lowest BCUT2D eigenvalue weighted by Gasteiger charge is -2.37. The van der Waals surface area contributed by atoms with E-state index in [4.69, 9.17) is 0 Å². The smallest absolute Gasteiger partial charge is 0.115 e. The molecular formula is C26H29NO. The first-order valence-electron chi connectivity index (χ1n) is 10.3. The van der Waals surface area contributed by atoms with Gasteiger partial charge in [-0.25, -0.2) is 0 Å². The molecule has 0 amide bonds. The van der Waals surface area contributed by atoms with Gasteiger partial charge in [-0.2, -0.15) is 0 Å². The Kier molecular flexibility index (Phi) is 5.90. The number of nitrogens with zero attached hydrogens (tertiary/aromatic N) is 1. The van der Waals surface area contributed by atoms with Gasteiger partial charge in [0, 0.05) is 6.54 Å². The van der Waals surface area contributed by atoms with Gasteiger partial charge in [0.05, 0.1) is 0 Å². The summed E-state index contributed by atoms with van der Waals surface area (Å²) < 4.78 is 0. The van der Waals surface area contributed by atoms with Gasteiger partial charge in [-0.1, -0.05) is 91.0 Å². The van der Waals surface area contributed by atoms with Crippen LogP contribution in [0.15, 0.2) is 91.0 Å². The molecule has 0 spiro atoms. The van der Waals surface area contributed by atoms with E-state index in [1.54, 1.807) is 0 Å². The lowest BCUT2D eigenvalue weighted by molar-refractivity contribution is 0.0361. The largest absolute Gasteiger partial charge is 0.380 e. The Morgan fingerprint density at radius 1 is 0.714 bits per heavy atom. The summed E-state index contributed by atoms with van der Waals surface area (Å²) in [6, 6.07) is 31.0. The number of rotatable bonds is 6. The molecule has 3 aromatic carbocycles. The molecule has 1 N–H and O–H groups in total. The molecule has 0 bridgehead atoms. The van der Waals surface area contributed by atoms with E-state index in [9.17, 15) is 5.11 Å². The zero-order chi connectivity index (χ0) is 19.2. The SMILES string of the molecule is OC(CC1CCN(Cc2ccccc2)CC1)(c1ccccc1)c1ccccc1. The number of piperidine rings is 1. The van der Waals surface area contributed by atoms with E-state index in [1.165, 1.54) is 5.56 Å². The van der Waals surface area contributed by atoms with Gasteiger partial charge >= 0.3 is 0 Å². The minimum atomic E-state index is -0.922. The molecule has 0 saturated carbocycles. The minimum absolute atomic E-state index is 0.525. The summed E-state index contributed by atoms with van der Waals surface area (Å²) in [7, 11) is 0. The van der Waals surface area contributed by atoms with Crippen molar-refractivity contribution in [2.45, 2.75) is 31.4 Å². The summed E-state index contributed by atoms with van der Waals surface area (Å²) >= 11 is 0. The summed E-state index contributed by atoms with van der Waals surface area (Å²) in [4.78, 5) is 2.54. The molecule has 1 fully saturated rings. The van der Waals surface area contributed by atoms with Crippen molar-refractivity contribution in [1.29, 1.82) is 0 Å². The van der Waals surface area contributed by atoms with Crippen molar-refractivity contribution >= 4 is 0 Å². The molecule has 4 rings (SSSR count). The van der Waals surface area contributed by atoms with Gasteiger partial charge in [0.25, 0.3) is 0 Å². The Morgan fingerprint density at radius 2 is 1.18 bits per heavy atom. The molecule has 2 nitrogen and oxygen atoms in total. The number of hydrogen-bond donors (Lipinski definition) is 1. The van der Waals surface area contributed by atoms with Crippen molar-refractivity contribution in [1.82, 2.24) is 4.90 Å². The van der Waals surface area contributed by atoms with Gasteiger partial charge in [0.2, 0.25) is 0 Å². The fraction of sp³-hybridized carbons (Fsp3) is 0.308. The molecule has 1 aliphatic heterocycles. The highest BCUT2D eigenvalue weighted by Crippen LogP contribution is 2.38. The normalized spacial score (nSPS) is 16.2. The molecule has 0 radical (unpaired) electrons. The van der Waals surface area contributed by atoms with Crippen LogP contribution in [0.5, 0.6) is 0 Å². The van der Waals surface area contributed by atoms with Crippen molar-refractivity contribution in [3.63, 3.8) is 0 Å². The number of hydrogen-bond acceptors (Lipinski definition) is 2. The van der Waals surface area contributed by atoms with Crippen molar-refractivity contribution in [3.8, 4) is 0 Å². The molecule has 2 heteroatoms. The molecular weight excluding hydrogens is 342 g/mol. The Balaban J connectivity index is 1.45. The molecule has 1 aliphatic rings. The third kappa shape index (κ3) is 4.35. The molecule has 0 aromatic heterocycles. The Morgan fingerprint density at radius 3 is 1.68 bits per heavy atom. The van der Waals surface area contributed by atoms with Crippen LogP contribution in [0.4, 0.5) is 0 Å². The van der Waals surface area contributed by atoms with Gasteiger partial charge in [-0.15, -0.1) is 0 Å². The van der Waals surface area contributed by atoms with E-state index in [1.807, 2.05) is 36.4 Å². The van der Waals surface area contributed by atoms with E-state index in [-0.39, 0.29) is 0 Å². The highest BCUT2D eigenvalue weighted by Gasteiger charge is 2.35. The highest BCUT2D eigenvalue weighted by molar-refractivity contribution is 5.36. The quantitative estimate of drug-likeness (QED) is 0.642. The topological polar surface area (TPSA) is 23.5 Å². The van der Waals surface area contributed by atoms with E-state index >= 15 is 0 Å².